The Morgan fingerprint density at radius 2 is 2.50 bits per heavy atom. The van der Waals surface area contributed by atoms with Crippen LogP contribution in [0.25, 0.3) is 0 Å². The molecule has 0 spiro atoms. The van der Waals surface area contributed by atoms with E-state index in [2.05, 4.69) is 5.32 Å². The van der Waals surface area contributed by atoms with Gasteiger partial charge >= 0.3 is 0 Å². The molecule has 0 aromatic carbocycles. The van der Waals surface area contributed by atoms with Crippen LogP contribution < -0.4 is 11.1 Å². The van der Waals surface area contributed by atoms with Crippen LogP contribution in [0.1, 0.15) is 19.8 Å². The Hall–Kier alpha value is -0.290. The van der Waals surface area contributed by atoms with E-state index in [0.29, 0.717) is 5.25 Å². The second kappa shape index (κ2) is 5.56. The molecule has 0 bridgehead atoms. The molecule has 2 atom stereocenters. The van der Waals surface area contributed by atoms with Gasteiger partial charge in [-0.3, -0.25) is 4.79 Å². The smallest absolute Gasteiger partial charge is 0.229 e. The molecule has 14 heavy (non-hydrogen) atoms. The predicted octanol–water partition coefficient (Wildman–Crippen LogP) is 0.920. The molecule has 0 radical (unpaired) electrons. The number of nitrogens with two attached hydrogens (primary N) is 1. The summed E-state index contributed by atoms with van der Waals surface area (Å²) in [5.41, 5.74) is 5.39. The highest BCUT2D eigenvalue weighted by Gasteiger charge is 2.19. The van der Waals surface area contributed by atoms with Crippen LogP contribution in [0, 0.1) is 5.92 Å². The molecule has 0 aliphatic carbocycles. The Kier molecular flexibility index (Phi) is 4.68. The Balaban J connectivity index is 2.23. The van der Waals surface area contributed by atoms with Gasteiger partial charge in [-0.1, -0.05) is 12.2 Å². The molecule has 1 aliphatic heterocycles. The summed E-state index contributed by atoms with van der Waals surface area (Å²) in [6, 6.07) is 0. The van der Waals surface area contributed by atoms with Crippen molar-refractivity contribution < 1.29 is 4.79 Å². The first-order valence-electron chi connectivity index (χ1n) is 4.80. The van der Waals surface area contributed by atoms with Crippen LogP contribution in [0.15, 0.2) is 0 Å². The lowest BCUT2D eigenvalue weighted by Gasteiger charge is -2.13. The first-order chi connectivity index (χ1) is 6.61. The van der Waals surface area contributed by atoms with Crippen molar-refractivity contribution in [2.45, 2.75) is 25.0 Å². The van der Waals surface area contributed by atoms with E-state index in [1.54, 1.807) is 6.92 Å². The Morgan fingerprint density at radius 1 is 1.79 bits per heavy atom. The number of thioether (sulfide) groups is 1. The molecule has 1 amide bonds. The van der Waals surface area contributed by atoms with Gasteiger partial charge in [-0.25, -0.2) is 0 Å². The third-order valence-corrected chi connectivity index (χ3v) is 4.10. The van der Waals surface area contributed by atoms with Crippen LogP contribution in [0.5, 0.6) is 0 Å². The normalized spacial score (nSPS) is 23.1. The fourth-order valence-corrected chi connectivity index (χ4v) is 2.61. The highest BCUT2D eigenvalue weighted by atomic mass is 32.2. The molecule has 0 aromatic rings. The fraction of sp³-hybridized carbons (Fsp3) is 0.778. The van der Waals surface area contributed by atoms with Crippen molar-refractivity contribution in [3.05, 3.63) is 0 Å². The van der Waals surface area contributed by atoms with Gasteiger partial charge in [-0.05, 0) is 25.5 Å². The van der Waals surface area contributed by atoms with Gasteiger partial charge in [-0.15, -0.1) is 0 Å². The largest absolute Gasteiger partial charge is 0.393 e. The van der Waals surface area contributed by atoms with Crippen LogP contribution in [-0.4, -0.2) is 28.4 Å². The Morgan fingerprint density at radius 3 is 3.00 bits per heavy atom. The summed E-state index contributed by atoms with van der Waals surface area (Å²) in [6.07, 6.45) is 2.46. The Labute approximate surface area is 94.2 Å². The zero-order valence-electron chi connectivity index (χ0n) is 8.29. The maximum absolute atomic E-state index is 11.5. The van der Waals surface area contributed by atoms with E-state index in [4.69, 9.17) is 18.0 Å². The highest BCUT2D eigenvalue weighted by Crippen LogP contribution is 2.25. The summed E-state index contributed by atoms with van der Waals surface area (Å²) in [6.45, 7) is 2.48. The lowest BCUT2D eigenvalue weighted by atomic mass is 10.1. The zero-order chi connectivity index (χ0) is 10.6. The monoisotopic (exact) mass is 232 g/mol. The summed E-state index contributed by atoms with van der Waals surface area (Å²) in [5, 5.41) is 3.46. The number of carbonyl (C=O) groups is 1. The lowest BCUT2D eigenvalue weighted by Crippen LogP contribution is -2.38. The molecule has 1 aliphatic rings. The average molecular weight is 232 g/mol. The second-order valence-corrected chi connectivity index (χ2v) is 5.38. The standard InChI is InChI=1S/C9H16N2OS2/c1-6(8(10)13)9(12)11-5-7-3-2-4-14-7/h6-7H,2-5H2,1H3,(H2,10,13)(H,11,12). The van der Waals surface area contributed by atoms with Crippen LogP contribution in [0.2, 0.25) is 0 Å². The fourth-order valence-electron chi connectivity index (χ4n) is 1.30. The molecule has 80 valence electrons. The molecule has 0 saturated carbocycles. The third-order valence-electron chi connectivity index (χ3n) is 2.35. The second-order valence-electron chi connectivity index (χ2n) is 3.50. The maximum atomic E-state index is 11.5. The summed E-state index contributed by atoms with van der Waals surface area (Å²) in [5.74, 6) is 0.812. The highest BCUT2D eigenvalue weighted by molar-refractivity contribution is 8.00. The van der Waals surface area contributed by atoms with Crippen molar-refractivity contribution in [1.82, 2.24) is 5.32 Å². The number of hydrogen-bond donors (Lipinski definition) is 2. The molecule has 1 fully saturated rings. The number of hydrogen-bond acceptors (Lipinski definition) is 3. The van der Waals surface area contributed by atoms with Gasteiger partial charge < -0.3 is 11.1 Å². The molecule has 5 heteroatoms. The van der Waals surface area contributed by atoms with Gasteiger partial charge in [-0.2, -0.15) is 11.8 Å². The SMILES string of the molecule is CC(C(=O)NCC1CCCS1)C(N)=S. The van der Waals surface area contributed by atoms with E-state index in [0.717, 1.165) is 6.54 Å². The van der Waals surface area contributed by atoms with Gasteiger partial charge in [0.25, 0.3) is 0 Å². The topological polar surface area (TPSA) is 55.1 Å². The van der Waals surface area contributed by atoms with Crippen LogP contribution in [0.4, 0.5) is 0 Å². The van der Waals surface area contributed by atoms with Crippen molar-refractivity contribution in [2.24, 2.45) is 11.7 Å². The molecule has 3 nitrogen and oxygen atoms in total. The molecule has 1 rings (SSSR count). The lowest BCUT2D eigenvalue weighted by molar-refractivity contribution is -0.122. The molecule has 1 heterocycles. The summed E-state index contributed by atoms with van der Waals surface area (Å²) >= 11 is 6.68. The quantitative estimate of drug-likeness (QED) is 0.708. The zero-order valence-corrected chi connectivity index (χ0v) is 9.92. The molecule has 3 N–H and O–H groups in total. The van der Waals surface area contributed by atoms with E-state index in [1.165, 1.54) is 18.6 Å². The van der Waals surface area contributed by atoms with Gasteiger partial charge in [0.1, 0.15) is 0 Å². The van der Waals surface area contributed by atoms with Gasteiger partial charge in [0, 0.05) is 11.8 Å². The first-order valence-corrected chi connectivity index (χ1v) is 6.25. The maximum Gasteiger partial charge on any atom is 0.229 e. The van der Waals surface area contributed by atoms with E-state index >= 15 is 0 Å². The average Bonchev–Trinajstić information content (AvgIpc) is 2.65. The number of carbonyl (C=O) groups excluding carboxylic acids is 1. The molecule has 1 saturated heterocycles. The summed E-state index contributed by atoms with van der Waals surface area (Å²) < 4.78 is 0. The van der Waals surface area contributed by atoms with Crippen molar-refractivity contribution in [3.8, 4) is 0 Å². The van der Waals surface area contributed by atoms with Gasteiger partial charge in [0.15, 0.2) is 0 Å². The van der Waals surface area contributed by atoms with E-state index in [9.17, 15) is 4.79 Å². The van der Waals surface area contributed by atoms with Crippen molar-refractivity contribution in [1.29, 1.82) is 0 Å². The molecular weight excluding hydrogens is 216 g/mol. The number of nitrogens with one attached hydrogen (secondary N) is 1. The van der Waals surface area contributed by atoms with Crippen molar-refractivity contribution in [2.75, 3.05) is 12.3 Å². The Bertz CT molecular complexity index is 227. The minimum absolute atomic E-state index is 0.0509. The number of thiocarbonyl (C=S) groups is 1. The number of amides is 1. The van der Waals surface area contributed by atoms with Crippen molar-refractivity contribution >= 4 is 34.9 Å². The van der Waals surface area contributed by atoms with E-state index < -0.39 is 0 Å². The van der Waals surface area contributed by atoms with Crippen LogP contribution in [-0.2, 0) is 4.79 Å². The first kappa shape index (κ1) is 11.8. The van der Waals surface area contributed by atoms with E-state index in [1.807, 2.05) is 11.8 Å². The van der Waals surface area contributed by atoms with Gasteiger partial charge in [0.05, 0.1) is 10.9 Å². The molecule has 2 unspecified atom stereocenters. The van der Waals surface area contributed by atoms with Crippen LogP contribution in [0.3, 0.4) is 0 Å². The number of rotatable bonds is 4. The minimum Gasteiger partial charge on any atom is -0.393 e. The summed E-state index contributed by atoms with van der Waals surface area (Å²) in [4.78, 5) is 11.7. The predicted molar refractivity (Wildman–Crippen MR) is 64.4 cm³/mol. The van der Waals surface area contributed by atoms with E-state index in [-0.39, 0.29) is 16.8 Å². The van der Waals surface area contributed by atoms with Crippen LogP contribution >= 0.6 is 24.0 Å². The third kappa shape index (κ3) is 3.46. The van der Waals surface area contributed by atoms with Crippen molar-refractivity contribution in [3.63, 3.8) is 0 Å². The molecular formula is C9H16N2OS2. The van der Waals surface area contributed by atoms with Gasteiger partial charge in [0.2, 0.25) is 5.91 Å². The molecule has 0 aromatic heterocycles. The summed E-state index contributed by atoms with van der Waals surface area (Å²) in [7, 11) is 0. The minimum atomic E-state index is -0.351.